The molecular weight excluding hydrogens is 228 g/mol. The highest BCUT2D eigenvalue weighted by atomic mass is 32.2. The molecule has 0 atom stereocenters. The van der Waals surface area contributed by atoms with Crippen molar-refractivity contribution in [3.05, 3.63) is 0 Å². The summed E-state index contributed by atoms with van der Waals surface area (Å²) in [4.78, 5) is 11.3. The molecule has 5 nitrogen and oxygen atoms in total. The lowest BCUT2D eigenvalue weighted by molar-refractivity contribution is -0.120. The van der Waals surface area contributed by atoms with Gasteiger partial charge in [0.05, 0.1) is 11.8 Å². The predicted molar refractivity (Wildman–Crippen MR) is 60.3 cm³/mol. The molecule has 0 bridgehead atoms. The monoisotopic (exact) mass is 246 g/mol. The molecule has 92 valence electrons. The molecule has 0 aliphatic heterocycles. The van der Waals surface area contributed by atoms with Crippen LogP contribution in [0.15, 0.2) is 0 Å². The highest BCUT2D eigenvalue weighted by molar-refractivity contribution is 7.90. The Hall–Kier alpha value is -0.620. The van der Waals surface area contributed by atoms with Gasteiger partial charge in [0.1, 0.15) is 0 Å². The van der Waals surface area contributed by atoms with Crippen LogP contribution >= 0.6 is 0 Å². The second-order valence-corrected chi connectivity index (χ2v) is 6.66. The number of rotatable bonds is 5. The van der Waals surface area contributed by atoms with Gasteiger partial charge in [0.2, 0.25) is 15.9 Å². The average molecular weight is 246 g/mol. The van der Waals surface area contributed by atoms with Gasteiger partial charge in [-0.3, -0.25) is 4.79 Å². The van der Waals surface area contributed by atoms with E-state index >= 15 is 0 Å². The van der Waals surface area contributed by atoms with Crippen LogP contribution in [0.1, 0.15) is 38.5 Å². The minimum atomic E-state index is -3.28. The quantitative estimate of drug-likeness (QED) is 0.724. The van der Waals surface area contributed by atoms with Crippen LogP contribution < -0.4 is 10.0 Å². The highest BCUT2D eigenvalue weighted by Crippen LogP contribution is 2.23. The van der Waals surface area contributed by atoms with Crippen molar-refractivity contribution in [1.82, 2.24) is 10.0 Å². The molecular formula is C10H18N2O3S. The van der Waals surface area contributed by atoms with E-state index in [0.29, 0.717) is 0 Å². The van der Waals surface area contributed by atoms with Crippen LogP contribution in [0.25, 0.3) is 0 Å². The molecule has 0 heterocycles. The zero-order valence-corrected chi connectivity index (χ0v) is 10.1. The first-order valence-electron chi connectivity index (χ1n) is 5.86. The lowest BCUT2D eigenvalue weighted by Crippen LogP contribution is -2.41. The first kappa shape index (κ1) is 11.9. The molecule has 16 heavy (non-hydrogen) atoms. The molecule has 2 rings (SSSR count). The first-order chi connectivity index (χ1) is 7.58. The van der Waals surface area contributed by atoms with Gasteiger partial charge in [-0.05, 0) is 25.7 Å². The smallest absolute Gasteiger partial charge is 0.235 e. The Balaban J connectivity index is 1.76. The summed E-state index contributed by atoms with van der Waals surface area (Å²) in [6.45, 7) is -0.116. The summed E-state index contributed by atoms with van der Waals surface area (Å²) in [5.41, 5.74) is 0. The maximum atomic E-state index is 11.7. The molecule has 0 unspecified atom stereocenters. The normalized spacial score (nSPS) is 22.2. The van der Waals surface area contributed by atoms with E-state index in [4.69, 9.17) is 0 Å². The number of hydrogen-bond acceptors (Lipinski definition) is 3. The Morgan fingerprint density at radius 2 is 1.75 bits per heavy atom. The van der Waals surface area contributed by atoms with Gasteiger partial charge in [-0.2, -0.15) is 0 Å². The second kappa shape index (κ2) is 4.71. The van der Waals surface area contributed by atoms with E-state index in [9.17, 15) is 13.2 Å². The van der Waals surface area contributed by atoms with Crippen LogP contribution in [-0.2, 0) is 14.8 Å². The largest absolute Gasteiger partial charge is 0.352 e. The van der Waals surface area contributed by atoms with Gasteiger partial charge < -0.3 is 5.32 Å². The maximum absolute atomic E-state index is 11.7. The van der Waals surface area contributed by atoms with E-state index in [2.05, 4.69) is 10.0 Å². The topological polar surface area (TPSA) is 75.3 Å². The highest BCUT2D eigenvalue weighted by Gasteiger charge is 2.29. The second-order valence-electron chi connectivity index (χ2n) is 4.61. The SMILES string of the molecule is O=C(CNS(=O)(=O)C1CCCC1)NC1CC1. The van der Waals surface area contributed by atoms with Crippen molar-refractivity contribution in [3.63, 3.8) is 0 Å². The zero-order chi connectivity index (χ0) is 11.6. The van der Waals surface area contributed by atoms with E-state index in [1.54, 1.807) is 0 Å². The van der Waals surface area contributed by atoms with Crippen molar-refractivity contribution in [3.8, 4) is 0 Å². The Morgan fingerprint density at radius 3 is 2.31 bits per heavy atom. The molecule has 1 amide bonds. The Bertz CT molecular complexity index is 356. The van der Waals surface area contributed by atoms with E-state index < -0.39 is 10.0 Å². The van der Waals surface area contributed by atoms with Crippen LogP contribution in [-0.4, -0.2) is 32.2 Å². The van der Waals surface area contributed by atoms with Crippen molar-refractivity contribution < 1.29 is 13.2 Å². The Labute approximate surface area is 96.0 Å². The molecule has 0 aromatic rings. The van der Waals surface area contributed by atoms with E-state index in [1.165, 1.54) is 0 Å². The molecule has 2 saturated carbocycles. The third-order valence-electron chi connectivity index (χ3n) is 3.12. The van der Waals surface area contributed by atoms with E-state index in [-0.39, 0.29) is 23.7 Å². The van der Waals surface area contributed by atoms with Crippen LogP contribution in [0.5, 0.6) is 0 Å². The molecule has 0 spiro atoms. The summed E-state index contributed by atoms with van der Waals surface area (Å²) in [5, 5.41) is 2.46. The first-order valence-corrected chi connectivity index (χ1v) is 7.40. The number of nitrogens with one attached hydrogen (secondary N) is 2. The third-order valence-corrected chi connectivity index (χ3v) is 5.01. The van der Waals surface area contributed by atoms with Gasteiger partial charge in [0.15, 0.2) is 0 Å². The molecule has 2 fully saturated rings. The molecule has 0 aromatic heterocycles. The number of hydrogen-bond donors (Lipinski definition) is 2. The number of amides is 1. The Kier molecular flexibility index (Phi) is 3.49. The van der Waals surface area contributed by atoms with Crippen molar-refractivity contribution in [2.75, 3.05) is 6.54 Å². The van der Waals surface area contributed by atoms with Crippen LogP contribution in [0.3, 0.4) is 0 Å². The summed E-state index contributed by atoms with van der Waals surface area (Å²) >= 11 is 0. The fourth-order valence-electron chi connectivity index (χ4n) is 1.99. The molecule has 2 aliphatic rings. The van der Waals surface area contributed by atoms with Gasteiger partial charge in [0, 0.05) is 6.04 Å². The number of sulfonamides is 1. The van der Waals surface area contributed by atoms with Gasteiger partial charge in [0.25, 0.3) is 0 Å². The van der Waals surface area contributed by atoms with Crippen molar-refractivity contribution in [2.45, 2.75) is 49.8 Å². The zero-order valence-electron chi connectivity index (χ0n) is 9.24. The third kappa shape index (κ3) is 3.18. The van der Waals surface area contributed by atoms with E-state index in [1.807, 2.05) is 0 Å². The summed E-state index contributed by atoms with van der Waals surface area (Å²) < 4.78 is 25.9. The van der Waals surface area contributed by atoms with Gasteiger partial charge in [-0.15, -0.1) is 0 Å². The molecule has 0 radical (unpaired) electrons. The lowest BCUT2D eigenvalue weighted by Gasteiger charge is -2.12. The summed E-state index contributed by atoms with van der Waals surface area (Å²) in [7, 11) is -3.28. The molecule has 2 aliphatic carbocycles. The van der Waals surface area contributed by atoms with Crippen molar-refractivity contribution in [1.29, 1.82) is 0 Å². The molecule has 0 aromatic carbocycles. The Morgan fingerprint density at radius 1 is 1.12 bits per heavy atom. The van der Waals surface area contributed by atoms with Crippen LogP contribution in [0.4, 0.5) is 0 Å². The molecule has 6 heteroatoms. The van der Waals surface area contributed by atoms with Gasteiger partial charge in [-0.1, -0.05) is 12.8 Å². The standard InChI is InChI=1S/C10H18N2O3S/c13-10(12-8-5-6-8)7-11-16(14,15)9-3-1-2-4-9/h8-9,11H,1-7H2,(H,12,13). The fourth-order valence-corrected chi connectivity index (χ4v) is 3.51. The molecule has 2 N–H and O–H groups in total. The fraction of sp³-hybridized carbons (Fsp3) is 0.900. The summed E-state index contributed by atoms with van der Waals surface area (Å²) in [6, 6.07) is 0.281. The summed E-state index contributed by atoms with van der Waals surface area (Å²) in [5.74, 6) is -0.218. The van der Waals surface area contributed by atoms with Crippen molar-refractivity contribution >= 4 is 15.9 Å². The minimum absolute atomic E-state index is 0.116. The summed E-state index contributed by atoms with van der Waals surface area (Å²) in [6.07, 6.45) is 5.42. The molecule has 0 saturated heterocycles. The average Bonchev–Trinajstić information content (AvgIpc) is 2.86. The lowest BCUT2D eigenvalue weighted by atomic mass is 10.4. The number of carbonyl (C=O) groups excluding carboxylic acids is 1. The maximum Gasteiger partial charge on any atom is 0.235 e. The van der Waals surface area contributed by atoms with Crippen LogP contribution in [0, 0.1) is 0 Å². The van der Waals surface area contributed by atoms with Crippen molar-refractivity contribution in [2.24, 2.45) is 0 Å². The predicted octanol–water partition coefficient (Wildman–Crippen LogP) is 0.127. The van der Waals surface area contributed by atoms with Crippen LogP contribution in [0.2, 0.25) is 0 Å². The minimum Gasteiger partial charge on any atom is -0.352 e. The van der Waals surface area contributed by atoms with Gasteiger partial charge in [-0.25, -0.2) is 13.1 Å². The number of carbonyl (C=O) groups is 1. The van der Waals surface area contributed by atoms with Gasteiger partial charge >= 0.3 is 0 Å². The van der Waals surface area contributed by atoms with E-state index in [0.717, 1.165) is 38.5 Å².